The van der Waals surface area contributed by atoms with Crippen LogP contribution in [0.15, 0.2) is 146 Å². The predicted octanol–water partition coefficient (Wildman–Crippen LogP) is 18.3. The van der Waals surface area contributed by atoms with Gasteiger partial charge in [0.25, 0.3) is 0 Å². The summed E-state index contributed by atoms with van der Waals surface area (Å²) in [5.41, 5.74) is 11.0. The maximum Gasteiger partial charge on any atom is 0.477 e. The van der Waals surface area contributed by atoms with Gasteiger partial charge in [-0.25, -0.2) is 4.57 Å². The summed E-state index contributed by atoms with van der Waals surface area (Å²) in [5, 5.41) is 0. The molecule has 0 aliphatic rings. The number of phosphoric acid groups is 1. The molecule has 0 atom stereocenters. The van der Waals surface area contributed by atoms with Gasteiger partial charge in [-0.15, -0.1) is 0 Å². The van der Waals surface area contributed by atoms with Crippen LogP contribution in [0.25, 0.3) is 0 Å². The Morgan fingerprint density at radius 2 is 0.426 bits per heavy atom. The summed E-state index contributed by atoms with van der Waals surface area (Å²) in [6, 6.07) is 50.9. The smallest absolute Gasteiger partial charge is 0.274 e. The van der Waals surface area contributed by atoms with Crippen LogP contribution in [0, 0.1) is 0 Å². The Balaban J connectivity index is 1.69. The first-order valence-corrected chi connectivity index (χ1v) is 26.1. The third-order valence-electron chi connectivity index (χ3n) is 13.0. The highest BCUT2D eigenvalue weighted by atomic mass is 31.2. The molecule has 0 aliphatic carbocycles. The minimum Gasteiger partial charge on any atom is -0.274 e. The average molecular weight is 933 g/mol. The first-order valence-electron chi connectivity index (χ1n) is 24.6. The minimum absolute atomic E-state index is 0.160. The SMILES string of the molecule is CC(C)(C)c1cccc(C(OP(=O)(OC(c2cccc(C(C)(C)C)c2)c2cccc(C(C)(C)C)c2)OC(c2cccc(C(C)(C)C)c2)c2cccc(C(C)(C)C)c2)c2cccc(C(C)(C)C)c2)c1. The largest absolute Gasteiger partial charge is 0.477 e. The van der Waals surface area contributed by atoms with Gasteiger partial charge in [0.1, 0.15) is 18.3 Å². The van der Waals surface area contributed by atoms with E-state index in [9.17, 15) is 0 Å². The van der Waals surface area contributed by atoms with Gasteiger partial charge >= 0.3 is 7.82 Å². The summed E-state index contributed by atoms with van der Waals surface area (Å²) in [6.45, 7) is 39.8. The highest BCUT2D eigenvalue weighted by Crippen LogP contribution is 2.62. The van der Waals surface area contributed by atoms with E-state index in [1.54, 1.807) is 0 Å². The summed E-state index contributed by atoms with van der Waals surface area (Å²) in [6.07, 6.45) is -2.51. The fourth-order valence-electron chi connectivity index (χ4n) is 8.41. The lowest BCUT2D eigenvalue weighted by Gasteiger charge is -2.33. The third-order valence-corrected chi connectivity index (χ3v) is 14.4. The molecular formula is C63H81O4P. The lowest BCUT2D eigenvalue weighted by atomic mass is 9.83. The van der Waals surface area contributed by atoms with Crippen LogP contribution in [0.3, 0.4) is 0 Å². The van der Waals surface area contributed by atoms with Crippen LogP contribution in [0.4, 0.5) is 0 Å². The van der Waals surface area contributed by atoms with Gasteiger partial charge in [0, 0.05) is 0 Å². The van der Waals surface area contributed by atoms with Gasteiger partial charge in [-0.1, -0.05) is 270 Å². The van der Waals surface area contributed by atoms with Gasteiger partial charge in [-0.05, 0) is 99.3 Å². The molecule has 0 bridgehead atoms. The molecule has 0 aromatic heterocycles. The number of benzene rings is 6. The third kappa shape index (κ3) is 13.2. The van der Waals surface area contributed by atoms with Crippen LogP contribution in [-0.2, 0) is 50.6 Å². The van der Waals surface area contributed by atoms with Crippen LogP contribution in [0.5, 0.6) is 0 Å². The zero-order chi connectivity index (χ0) is 50.3. The molecule has 0 saturated heterocycles. The van der Waals surface area contributed by atoms with Gasteiger partial charge in [0.2, 0.25) is 0 Å². The van der Waals surface area contributed by atoms with Crippen molar-refractivity contribution in [3.63, 3.8) is 0 Å². The van der Waals surface area contributed by atoms with Crippen molar-refractivity contribution >= 4 is 7.82 Å². The van der Waals surface area contributed by atoms with E-state index in [2.05, 4.69) is 270 Å². The van der Waals surface area contributed by atoms with Crippen LogP contribution in [0.2, 0.25) is 0 Å². The second-order valence-electron chi connectivity index (χ2n) is 25.2. The van der Waals surface area contributed by atoms with Crippen molar-refractivity contribution in [2.24, 2.45) is 0 Å². The Morgan fingerprint density at radius 3 is 0.559 bits per heavy atom. The molecule has 0 spiro atoms. The van der Waals surface area contributed by atoms with Gasteiger partial charge in [0.05, 0.1) is 0 Å². The summed E-state index contributed by atoms with van der Waals surface area (Å²) in [7, 11) is -4.72. The summed E-state index contributed by atoms with van der Waals surface area (Å²) >= 11 is 0. The quantitative estimate of drug-likeness (QED) is 0.115. The molecule has 0 saturated carbocycles. The van der Waals surface area contributed by atoms with Crippen molar-refractivity contribution in [2.45, 2.75) is 175 Å². The van der Waals surface area contributed by atoms with E-state index in [0.29, 0.717) is 0 Å². The van der Waals surface area contributed by atoms with Crippen LogP contribution >= 0.6 is 7.82 Å². The van der Waals surface area contributed by atoms with E-state index in [4.69, 9.17) is 13.6 Å². The van der Waals surface area contributed by atoms with Gasteiger partial charge in [-0.2, -0.15) is 0 Å². The molecule has 0 unspecified atom stereocenters. The maximum absolute atomic E-state index is 17.1. The fraction of sp³-hybridized carbons (Fsp3) is 0.429. The summed E-state index contributed by atoms with van der Waals surface area (Å²) in [5.74, 6) is 0. The monoisotopic (exact) mass is 933 g/mol. The van der Waals surface area contributed by atoms with Gasteiger partial charge in [-0.3, -0.25) is 13.6 Å². The number of hydrogen-bond donors (Lipinski definition) is 0. The standard InChI is InChI=1S/C63H81O4P/c1-58(2,3)49-31-19-25-43(37-49)55(44-26-20-32-50(38-44)59(4,5)6)65-68(64,66-56(45-27-21-33-51(39-45)60(7,8)9)46-28-22-34-52(40-46)61(10,11)12)67-57(47-29-23-35-53(41-47)62(13,14)15)48-30-24-36-54(42-48)63(16,17)18/h19-42,55-57H,1-18H3. The molecule has 6 aromatic carbocycles. The van der Waals surface area contributed by atoms with Gasteiger partial charge in [0.15, 0.2) is 0 Å². The molecule has 0 N–H and O–H groups in total. The second kappa shape index (κ2) is 19.7. The predicted molar refractivity (Wildman–Crippen MR) is 287 cm³/mol. The lowest BCUT2D eigenvalue weighted by Crippen LogP contribution is -2.19. The number of hydrogen-bond acceptors (Lipinski definition) is 4. The Morgan fingerprint density at radius 1 is 0.279 bits per heavy atom. The van der Waals surface area contributed by atoms with Crippen LogP contribution in [-0.4, -0.2) is 0 Å². The van der Waals surface area contributed by atoms with Crippen molar-refractivity contribution in [2.75, 3.05) is 0 Å². The Labute approximate surface area is 411 Å². The average Bonchev–Trinajstić information content (AvgIpc) is 3.25. The van der Waals surface area contributed by atoms with Crippen LogP contribution < -0.4 is 0 Å². The fourth-order valence-corrected chi connectivity index (χ4v) is 10.1. The second-order valence-corrected chi connectivity index (χ2v) is 26.7. The molecule has 0 heterocycles. The normalized spacial score (nSPS) is 13.5. The molecule has 0 aliphatic heterocycles. The molecule has 0 radical (unpaired) electrons. The molecular weight excluding hydrogens is 852 g/mol. The van der Waals surface area contributed by atoms with Crippen molar-refractivity contribution in [1.29, 1.82) is 0 Å². The molecule has 6 aromatic rings. The van der Waals surface area contributed by atoms with E-state index in [1.165, 1.54) is 0 Å². The first kappa shape index (κ1) is 52.8. The molecule has 362 valence electrons. The van der Waals surface area contributed by atoms with E-state index >= 15 is 4.57 Å². The number of rotatable bonds is 12. The molecule has 4 nitrogen and oxygen atoms in total. The van der Waals surface area contributed by atoms with E-state index in [0.717, 1.165) is 66.8 Å². The van der Waals surface area contributed by atoms with Crippen molar-refractivity contribution in [1.82, 2.24) is 0 Å². The molecule has 0 amide bonds. The Kier molecular flexibility index (Phi) is 15.3. The topological polar surface area (TPSA) is 44.8 Å². The highest BCUT2D eigenvalue weighted by molar-refractivity contribution is 7.48. The van der Waals surface area contributed by atoms with Gasteiger partial charge < -0.3 is 0 Å². The zero-order valence-corrected chi connectivity index (χ0v) is 45.6. The van der Waals surface area contributed by atoms with E-state index in [1.807, 2.05) is 0 Å². The Hall–Kier alpha value is -4.57. The van der Waals surface area contributed by atoms with Crippen molar-refractivity contribution in [3.05, 3.63) is 212 Å². The molecule has 0 fully saturated rings. The Bertz CT molecular complexity index is 2250. The molecule has 5 heteroatoms. The maximum atomic E-state index is 17.1. The molecule has 6 rings (SSSR count). The zero-order valence-electron chi connectivity index (χ0n) is 44.7. The van der Waals surface area contributed by atoms with Crippen LogP contribution in [0.1, 0.15) is 210 Å². The number of phosphoric ester groups is 1. The van der Waals surface area contributed by atoms with Crippen molar-refractivity contribution in [3.8, 4) is 0 Å². The lowest BCUT2D eigenvalue weighted by molar-refractivity contribution is 0.0563. The van der Waals surface area contributed by atoms with Crippen molar-refractivity contribution < 1.29 is 18.1 Å². The molecule has 68 heavy (non-hydrogen) atoms. The summed E-state index contributed by atoms with van der Waals surface area (Å²) < 4.78 is 39.3. The minimum atomic E-state index is -4.72. The summed E-state index contributed by atoms with van der Waals surface area (Å²) in [4.78, 5) is 0. The van der Waals surface area contributed by atoms with E-state index in [-0.39, 0.29) is 32.5 Å². The highest BCUT2D eigenvalue weighted by Gasteiger charge is 2.41. The first-order chi connectivity index (χ1) is 31.3. The van der Waals surface area contributed by atoms with E-state index < -0.39 is 26.1 Å².